The van der Waals surface area contributed by atoms with Crippen LogP contribution in [0.25, 0.3) is 0 Å². The Balaban J connectivity index is 1.84. The van der Waals surface area contributed by atoms with Crippen molar-refractivity contribution < 1.29 is 0 Å². The van der Waals surface area contributed by atoms with Crippen LogP contribution in [-0.4, -0.2) is 36.0 Å². The zero-order valence-electron chi connectivity index (χ0n) is 8.44. The van der Waals surface area contributed by atoms with Crippen molar-refractivity contribution in [2.75, 3.05) is 31.6 Å². The van der Waals surface area contributed by atoms with E-state index in [1.54, 1.807) is 6.33 Å². The molecular formula is C9H16N4S. The number of hydrogen-bond acceptors (Lipinski definition) is 5. The van der Waals surface area contributed by atoms with Crippen LogP contribution >= 0.6 is 11.5 Å². The molecule has 2 rings (SSSR count). The molecule has 0 amide bonds. The number of rotatable bonds is 3. The maximum atomic E-state index is 4.20. The van der Waals surface area contributed by atoms with Gasteiger partial charge in [0, 0.05) is 25.1 Å². The molecule has 0 unspecified atom stereocenters. The Morgan fingerprint density at radius 2 is 2.36 bits per heavy atom. The maximum Gasteiger partial charge on any atom is 0.204 e. The minimum atomic E-state index is 0.810. The lowest BCUT2D eigenvalue weighted by Gasteiger charge is -2.26. The van der Waals surface area contributed by atoms with Crippen LogP contribution in [0.5, 0.6) is 0 Å². The van der Waals surface area contributed by atoms with Gasteiger partial charge in [0.25, 0.3) is 0 Å². The quantitative estimate of drug-likeness (QED) is 0.810. The molecular weight excluding hydrogens is 196 g/mol. The first kappa shape index (κ1) is 9.86. The van der Waals surface area contributed by atoms with E-state index in [-0.39, 0.29) is 0 Å². The van der Waals surface area contributed by atoms with Crippen molar-refractivity contribution in [2.45, 2.75) is 12.8 Å². The first-order valence-electron chi connectivity index (χ1n) is 5.05. The van der Waals surface area contributed by atoms with E-state index >= 15 is 0 Å². The molecule has 0 saturated carbocycles. The third-order valence-electron chi connectivity index (χ3n) is 2.67. The van der Waals surface area contributed by atoms with Crippen LogP contribution < -0.4 is 10.2 Å². The van der Waals surface area contributed by atoms with Crippen LogP contribution in [0, 0.1) is 5.92 Å². The van der Waals surface area contributed by atoms with E-state index in [9.17, 15) is 0 Å². The molecule has 78 valence electrons. The predicted octanol–water partition coefficient (Wildman–Crippen LogP) is 0.974. The van der Waals surface area contributed by atoms with Gasteiger partial charge in [-0.2, -0.15) is 4.37 Å². The van der Waals surface area contributed by atoms with Crippen molar-refractivity contribution in [1.82, 2.24) is 14.7 Å². The molecule has 1 aliphatic rings. The molecule has 0 spiro atoms. The Hall–Kier alpha value is -0.680. The number of nitrogens with one attached hydrogen (secondary N) is 1. The minimum absolute atomic E-state index is 0.810. The molecule has 1 aromatic rings. The van der Waals surface area contributed by atoms with Crippen LogP contribution in [0.15, 0.2) is 6.33 Å². The molecule has 1 N–H and O–H groups in total. The Bertz CT molecular complexity index is 256. The third-order valence-corrected chi connectivity index (χ3v) is 3.45. The summed E-state index contributed by atoms with van der Waals surface area (Å²) in [6, 6.07) is 0. The van der Waals surface area contributed by atoms with Gasteiger partial charge in [0.1, 0.15) is 6.33 Å². The number of piperidine rings is 1. The summed E-state index contributed by atoms with van der Waals surface area (Å²) in [7, 11) is 2.10. The van der Waals surface area contributed by atoms with Crippen LogP contribution in [0.1, 0.15) is 12.8 Å². The van der Waals surface area contributed by atoms with Gasteiger partial charge in [-0.15, -0.1) is 0 Å². The van der Waals surface area contributed by atoms with Gasteiger partial charge in [0.05, 0.1) is 0 Å². The molecule has 1 fully saturated rings. The van der Waals surface area contributed by atoms with Crippen molar-refractivity contribution in [3.05, 3.63) is 6.33 Å². The smallest absolute Gasteiger partial charge is 0.204 e. The van der Waals surface area contributed by atoms with E-state index < -0.39 is 0 Å². The van der Waals surface area contributed by atoms with E-state index in [0.717, 1.165) is 30.7 Å². The predicted molar refractivity (Wildman–Crippen MR) is 58.8 cm³/mol. The van der Waals surface area contributed by atoms with Crippen molar-refractivity contribution >= 4 is 16.7 Å². The molecule has 0 bridgehead atoms. The van der Waals surface area contributed by atoms with E-state index in [1.807, 2.05) is 0 Å². The lowest BCUT2D eigenvalue weighted by Crippen LogP contribution is -2.34. The van der Waals surface area contributed by atoms with Crippen molar-refractivity contribution in [1.29, 1.82) is 0 Å². The summed E-state index contributed by atoms with van der Waals surface area (Å²) in [6.45, 7) is 3.43. The average molecular weight is 212 g/mol. The first-order chi connectivity index (χ1) is 6.86. The second-order valence-electron chi connectivity index (χ2n) is 3.80. The normalized spacial score (nSPS) is 18.4. The molecule has 5 heteroatoms. The molecule has 0 atom stereocenters. The minimum Gasteiger partial charge on any atom is -0.350 e. The number of nitrogens with zero attached hydrogens (tertiary/aromatic N) is 3. The van der Waals surface area contributed by atoms with Crippen LogP contribution in [0.3, 0.4) is 0 Å². The molecule has 1 aromatic heterocycles. The van der Waals surface area contributed by atoms with Crippen molar-refractivity contribution in [3.63, 3.8) is 0 Å². The summed E-state index contributed by atoms with van der Waals surface area (Å²) < 4.78 is 4.01. The highest BCUT2D eigenvalue weighted by atomic mass is 32.1. The summed E-state index contributed by atoms with van der Waals surface area (Å²) in [5, 5.41) is 4.41. The fourth-order valence-electron chi connectivity index (χ4n) is 1.87. The number of hydrogen-bond donors (Lipinski definition) is 1. The maximum absolute atomic E-state index is 4.20. The fraction of sp³-hybridized carbons (Fsp3) is 0.778. The van der Waals surface area contributed by atoms with Gasteiger partial charge in [-0.05, 0) is 31.8 Å². The van der Waals surface area contributed by atoms with Gasteiger partial charge < -0.3 is 10.2 Å². The lowest BCUT2D eigenvalue weighted by molar-refractivity contribution is 0.378. The largest absolute Gasteiger partial charge is 0.350 e. The standard InChI is InChI=1S/C9H16N4S/c1-13(9-11-7-12-14-9)6-8-2-4-10-5-3-8/h7-8,10H,2-6H2,1H3. The number of aromatic nitrogens is 2. The Kier molecular flexibility index (Phi) is 3.31. The second kappa shape index (κ2) is 4.70. The van der Waals surface area contributed by atoms with Crippen LogP contribution in [0.4, 0.5) is 5.13 Å². The molecule has 0 aliphatic carbocycles. The van der Waals surface area contributed by atoms with Gasteiger partial charge >= 0.3 is 0 Å². The lowest BCUT2D eigenvalue weighted by atomic mass is 9.98. The Morgan fingerprint density at radius 1 is 1.57 bits per heavy atom. The molecule has 4 nitrogen and oxygen atoms in total. The zero-order valence-corrected chi connectivity index (χ0v) is 9.26. The van der Waals surface area contributed by atoms with Gasteiger partial charge in [0.15, 0.2) is 0 Å². The van der Waals surface area contributed by atoms with Gasteiger partial charge in [0.2, 0.25) is 5.13 Å². The van der Waals surface area contributed by atoms with E-state index in [1.165, 1.54) is 24.4 Å². The van der Waals surface area contributed by atoms with E-state index in [4.69, 9.17) is 0 Å². The first-order valence-corrected chi connectivity index (χ1v) is 5.82. The highest BCUT2D eigenvalue weighted by Gasteiger charge is 2.16. The number of anilines is 1. The van der Waals surface area contributed by atoms with E-state index in [0.29, 0.717) is 0 Å². The summed E-state index contributed by atoms with van der Waals surface area (Å²) in [5.41, 5.74) is 0. The summed E-state index contributed by atoms with van der Waals surface area (Å²) >= 11 is 1.47. The van der Waals surface area contributed by atoms with Crippen LogP contribution in [-0.2, 0) is 0 Å². The summed E-state index contributed by atoms with van der Waals surface area (Å²) in [4.78, 5) is 6.42. The van der Waals surface area contributed by atoms with Crippen molar-refractivity contribution in [2.24, 2.45) is 5.92 Å². The molecule has 0 radical (unpaired) electrons. The Labute approximate surface area is 88.5 Å². The Morgan fingerprint density at radius 3 is 3.00 bits per heavy atom. The zero-order chi connectivity index (χ0) is 9.80. The molecule has 1 saturated heterocycles. The average Bonchev–Trinajstić information content (AvgIpc) is 2.72. The second-order valence-corrected chi connectivity index (χ2v) is 4.56. The molecule has 0 aromatic carbocycles. The topological polar surface area (TPSA) is 41.0 Å². The molecule has 14 heavy (non-hydrogen) atoms. The van der Waals surface area contributed by atoms with E-state index in [2.05, 4.69) is 26.6 Å². The van der Waals surface area contributed by atoms with Gasteiger partial charge in [-0.25, -0.2) is 4.98 Å². The highest BCUT2D eigenvalue weighted by Crippen LogP contribution is 2.18. The molecule has 2 heterocycles. The monoisotopic (exact) mass is 212 g/mol. The fourth-order valence-corrected chi connectivity index (χ4v) is 2.36. The van der Waals surface area contributed by atoms with Crippen LogP contribution in [0.2, 0.25) is 0 Å². The van der Waals surface area contributed by atoms with Crippen molar-refractivity contribution in [3.8, 4) is 0 Å². The summed E-state index contributed by atoms with van der Waals surface area (Å²) in [5.74, 6) is 0.810. The highest BCUT2D eigenvalue weighted by molar-refractivity contribution is 7.09. The molecule has 1 aliphatic heterocycles. The third kappa shape index (κ3) is 2.42. The van der Waals surface area contributed by atoms with Gasteiger partial charge in [-0.1, -0.05) is 0 Å². The van der Waals surface area contributed by atoms with Gasteiger partial charge in [-0.3, -0.25) is 0 Å². The SMILES string of the molecule is CN(CC1CCNCC1)c1ncns1. The summed E-state index contributed by atoms with van der Waals surface area (Å²) in [6.07, 6.45) is 4.19.